The third-order valence-corrected chi connectivity index (χ3v) is 5.04. The lowest BCUT2D eigenvalue weighted by Crippen LogP contribution is -2.28. The second-order valence-electron chi connectivity index (χ2n) is 4.90. The zero-order valence-electron chi connectivity index (χ0n) is 12.6. The summed E-state index contributed by atoms with van der Waals surface area (Å²) in [6.07, 6.45) is 2.49. The predicted octanol–water partition coefficient (Wildman–Crippen LogP) is 1.03. The summed E-state index contributed by atoms with van der Waals surface area (Å²) in [5, 5.41) is 0. The van der Waals surface area contributed by atoms with E-state index in [9.17, 15) is 13.2 Å². The van der Waals surface area contributed by atoms with Crippen molar-refractivity contribution in [2.24, 2.45) is 0 Å². The summed E-state index contributed by atoms with van der Waals surface area (Å²) in [7, 11) is -3.10. The molecule has 0 saturated carbocycles. The fraction of sp³-hybridized carbons (Fsp3) is 0.769. The fourth-order valence-electron chi connectivity index (χ4n) is 2.22. The lowest BCUT2D eigenvalue weighted by molar-refractivity contribution is 0.438. The van der Waals surface area contributed by atoms with Gasteiger partial charge >= 0.3 is 0 Å². The van der Waals surface area contributed by atoms with Gasteiger partial charge in [0.15, 0.2) is 9.84 Å². The molecule has 0 aliphatic rings. The van der Waals surface area contributed by atoms with Crippen molar-refractivity contribution >= 4 is 15.5 Å². The van der Waals surface area contributed by atoms with Gasteiger partial charge in [0.25, 0.3) is 5.56 Å². The Morgan fingerprint density at radius 1 is 1.05 bits per heavy atom. The standard InChI is InChI=1S/C13H25N3O3S/c1-4-7-11-12(14)13(17)16(15(11)8-5-2)9-10-20(18,19)6-3/h4-10,14H2,1-3H3. The van der Waals surface area contributed by atoms with Gasteiger partial charge in [0.05, 0.1) is 18.0 Å². The van der Waals surface area contributed by atoms with Crippen LogP contribution in [0.1, 0.15) is 39.3 Å². The molecule has 2 N–H and O–H groups in total. The molecule has 0 bridgehead atoms. The van der Waals surface area contributed by atoms with Crippen molar-refractivity contribution in [3.8, 4) is 0 Å². The minimum Gasteiger partial charge on any atom is -0.393 e. The van der Waals surface area contributed by atoms with Crippen LogP contribution in [0.15, 0.2) is 4.79 Å². The number of nitrogens with zero attached hydrogens (tertiary/aromatic N) is 2. The monoisotopic (exact) mass is 303 g/mol. The Kier molecular flexibility index (Phi) is 5.86. The Bertz CT molecular complexity index is 599. The van der Waals surface area contributed by atoms with Crippen LogP contribution in [0.4, 0.5) is 5.69 Å². The molecule has 0 unspecified atom stereocenters. The number of anilines is 1. The van der Waals surface area contributed by atoms with Gasteiger partial charge in [0, 0.05) is 12.3 Å². The first-order chi connectivity index (χ1) is 9.37. The fourth-order valence-corrected chi connectivity index (χ4v) is 2.96. The Balaban J connectivity index is 3.17. The largest absolute Gasteiger partial charge is 0.393 e. The Labute approximate surface area is 120 Å². The van der Waals surface area contributed by atoms with Gasteiger partial charge in [-0.25, -0.2) is 13.1 Å². The molecule has 6 nitrogen and oxygen atoms in total. The van der Waals surface area contributed by atoms with E-state index in [1.54, 1.807) is 6.92 Å². The van der Waals surface area contributed by atoms with Crippen LogP contribution in [-0.2, 0) is 29.3 Å². The third-order valence-electron chi connectivity index (χ3n) is 3.35. The number of hydrogen-bond donors (Lipinski definition) is 1. The smallest absolute Gasteiger partial charge is 0.290 e. The lowest BCUT2D eigenvalue weighted by atomic mass is 10.2. The third kappa shape index (κ3) is 3.65. The van der Waals surface area contributed by atoms with Crippen molar-refractivity contribution < 1.29 is 8.42 Å². The van der Waals surface area contributed by atoms with Crippen LogP contribution < -0.4 is 11.3 Å². The van der Waals surface area contributed by atoms with Gasteiger partial charge in [0.1, 0.15) is 5.69 Å². The number of rotatable bonds is 8. The zero-order valence-corrected chi connectivity index (χ0v) is 13.4. The molecule has 1 heterocycles. The van der Waals surface area contributed by atoms with Crippen LogP contribution in [-0.4, -0.2) is 29.3 Å². The SMILES string of the molecule is CCCc1c(N)c(=O)n(CCS(=O)(=O)CC)n1CCC. The predicted molar refractivity (Wildman–Crippen MR) is 81.7 cm³/mol. The van der Waals surface area contributed by atoms with Gasteiger partial charge in [-0.15, -0.1) is 0 Å². The highest BCUT2D eigenvalue weighted by Crippen LogP contribution is 2.12. The number of nitrogens with two attached hydrogens (primary N) is 1. The summed E-state index contributed by atoms with van der Waals surface area (Å²) < 4.78 is 26.6. The second-order valence-corrected chi connectivity index (χ2v) is 7.37. The van der Waals surface area contributed by atoms with Gasteiger partial charge in [-0.1, -0.05) is 27.2 Å². The molecular weight excluding hydrogens is 278 g/mol. The van der Waals surface area contributed by atoms with Crippen molar-refractivity contribution in [2.45, 2.75) is 53.1 Å². The van der Waals surface area contributed by atoms with Crippen LogP contribution >= 0.6 is 0 Å². The quantitative estimate of drug-likeness (QED) is 0.777. The van der Waals surface area contributed by atoms with Crippen molar-refractivity contribution in [3.05, 3.63) is 16.0 Å². The van der Waals surface area contributed by atoms with E-state index in [0.717, 1.165) is 25.0 Å². The summed E-state index contributed by atoms with van der Waals surface area (Å²) in [6, 6.07) is 0. The van der Waals surface area contributed by atoms with E-state index in [-0.39, 0.29) is 29.3 Å². The van der Waals surface area contributed by atoms with E-state index in [1.165, 1.54) is 4.68 Å². The molecule has 0 radical (unpaired) electrons. The number of nitrogen functional groups attached to an aromatic ring is 1. The molecule has 0 aromatic carbocycles. The highest BCUT2D eigenvalue weighted by molar-refractivity contribution is 7.91. The van der Waals surface area contributed by atoms with Crippen molar-refractivity contribution in [1.82, 2.24) is 9.36 Å². The molecule has 1 aromatic rings. The normalized spacial score (nSPS) is 11.9. The van der Waals surface area contributed by atoms with Crippen LogP contribution in [0, 0.1) is 0 Å². The minimum absolute atomic E-state index is 0.0257. The van der Waals surface area contributed by atoms with Crippen LogP contribution in [0.3, 0.4) is 0 Å². The zero-order chi connectivity index (χ0) is 15.3. The molecular formula is C13H25N3O3S. The summed E-state index contributed by atoms with van der Waals surface area (Å²) in [5.74, 6) is 0.0652. The molecule has 0 aliphatic carbocycles. The maximum atomic E-state index is 12.2. The number of aromatic nitrogens is 2. The lowest BCUT2D eigenvalue weighted by Gasteiger charge is -2.13. The van der Waals surface area contributed by atoms with E-state index in [4.69, 9.17) is 5.73 Å². The van der Waals surface area contributed by atoms with Crippen LogP contribution in [0.2, 0.25) is 0 Å². The average molecular weight is 303 g/mol. The van der Waals surface area contributed by atoms with Gasteiger partial charge in [-0.2, -0.15) is 0 Å². The maximum absolute atomic E-state index is 12.2. The molecule has 0 amide bonds. The topological polar surface area (TPSA) is 87.1 Å². The average Bonchev–Trinajstić information content (AvgIpc) is 2.63. The second kappa shape index (κ2) is 6.97. The first kappa shape index (κ1) is 16.8. The molecule has 0 atom stereocenters. The maximum Gasteiger partial charge on any atom is 0.290 e. The molecule has 1 aromatic heterocycles. The summed E-state index contributed by atoms with van der Waals surface area (Å²) in [6.45, 7) is 6.50. The van der Waals surface area contributed by atoms with E-state index in [2.05, 4.69) is 0 Å². The summed E-state index contributed by atoms with van der Waals surface area (Å²) in [5.41, 5.74) is 6.70. The Hall–Kier alpha value is -1.24. The molecule has 7 heteroatoms. The molecule has 116 valence electrons. The Morgan fingerprint density at radius 2 is 1.70 bits per heavy atom. The van der Waals surface area contributed by atoms with Gasteiger partial charge in [-0.3, -0.25) is 9.48 Å². The van der Waals surface area contributed by atoms with Gasteiger partial charge < -0.3 is 5.73 Å². The first-order valence-corrected chi connectivity index (χ1v) is 8.98. The highest BCUT2D eigenvalue weighted by atomic mass is 32.2. The van der Waals surface area contributed by atoms with E-state index < -0.39 is 9.84 Å². The number of sulfone groups is 1. The van der Waals surface area contributed by atoms with Gasteiger partial charge in [-0.05, 0) is 12.8 Å². The summed E-state index contributed by atoms with van der Waals surface area (Å²) in [4.78, 5) is 12.2. The molecule has 1 rings (SSSR count). The van der Waals surface area contributed by atoms with Gasteiger partial charge in [0.2, 0.25) is 0 Å². The number of hydrogen-bond acceptors (Lipinski definition) is 4. The van der Waals surface area contributed by atoms with Crippen molar-refractivity contribution in [2.75, 3.05) is 17.2 Å². The first-order valence-electron chi connectivity index (χ1n) is 7.16. The summed E-state index contributed by atoms with van der Waals surface area (Å²) >= 11 is 0. The van der Waals surface area contributed by atoms with E-state index in [0.29, 0.717) is 6.54 Å². The van der Waals surface area contributed by atoms with E-state index >= 15 is 0 Å². The highest BCUT2D eigenvalue weighted by Gasteiger charge is 2.18. The Morgan fingerprint density at radius 3 is 2.20 bits per heavy atom. The van der Waals surface area contributed by atoms with Crippen LogP contribution in [0.25, 0.3) is 0 Å². The van der Waals surface area contributed by atoms with E-state index in [1.807, 2.05) is 18.5 Å². The molecule has 0 spiro atoms. The van der Waals surface area contributed by atoms with Crippen molar-refractivity contribution in [1.29, 1.82) is 0 Å². The molecule has 0 saturated heterocycles. The molecule has 20 heavy (non-hydrogen) atoms. The minimum atomic E-state index is -3.10. The van der Waals surface area contributed by atoms with Crippen LogP contribution in [0.5, 0.6) is 0 Å². The molecule has 0 aliphatic heterocycles. The molecule has 0 fully saturated rings. The van der Waals surface area contributed by atoms with Crippen molar-refractivity contribution in [3.63, 3.8) is 0 Å².